The van der Waals surface area contributed by atoms with E-state index in [1.165, 1.54) is 22.0 Å². The van der Waals surface area contributed by atoms with E-state index in [1.807, 2.05) is 36.1 Å². The molecule has 0 N–H and O–H groups in total. The number of hydrogen-bond donors (Lipinski definition) is 0. The summed E-state index contributed by atoms with van der Waals surface area (Å²) in [4.78, 5) is 17.5. The standard InChI is InChI=1S/C27H28FN3O3S/c1-20-17-23-18-22(7-12-26(23)31(20)35(33,34)25-10-8-24(28)9-11-25)27(32)30-15-13-29(14-16-30)19-21-5-3-2-4-6-21/h2-12,18,20H,13-17,19H2,1H3/t20-/m1/s1. The zero-order valence-corrected chi connectivity index (χ0v) is 20.4. The SMILES string of the molecule is C[C@@H]1Cc2cc(C(=O)N3CCN(Cc4ccccc4)CC3)ccc2N1S(=O)(=O)c1ccc(F)cc1. The van der Waals surface area contributed by atoms with Crippen LogP contribution < -0.4 is 4.31 Å². The van der Waals surface area contributed by atoms with Crippen molar-refractivity contribution in [3.63, 3.8) is 0 Å². The van der Waals surface area contributed by atoms with Crippen molar-refractivity contribution < 1.29 is 17.6 Å². The third kappa shape index (κ3) is 4.68. The minimum absolute atomic E-state index is 0.0281. The molecule has 3 aromatic carbocycles. The Balaban J connectivity index is 1.29. The Morgan fingerprint density at radius 3 is 2.31 bits per heavy atom. The number of fused-ring (bicyclic) bond motifs is 1. The Hall–Kier alpha value is -3.23. The van der Waals surface area contributed by atoms with Crippen LogP contribution in [0.2, 0.25) is 0 Å². The number of benzene rings is 3. The van der Waals surface area contributed by atoms with E-state index < -0.39 is 15.8 Å². The molecule has 3 aromatic rings. The molecule has 0 aromatic heterocycles. The fourth-order valence-corrected chi connectivity index (χ4v) is 6.65. The summed E-state index contributed by atoms with van der Waals surface area (Å²) in [5.41, 5.74) is 3.25. The van der Waals surface area contributed by atoms with Gasteiger partial charge in [-0.25, -0.2) is 12.8 Å². The molecular weight excluding hydrogens is 465 g/mol. The zero-order chi connectivity index (χ0) is 24.6. The third-order valence-electron chi connectivity index (χ3n) is 6.76. The van der Waals surface area contributed by atoms with Crippen LogP contribution in [0.3, 0.4) is 0 Å². The zero-order valence-electron chi connectivity index (χ0n) is 19.6. The maximum absolute atomic E-state index is 13.3. The minimum atomic E-state index is -3.84. The van der Waals surface area contributed by atoms with Gasteiger partial charge in [-0.15, -0.1) is 0 Å². The summed E-state index contributed by atoms with van der Waals surface area (Å²) in [6.45, 7) is 5.65. The second kappa shape index (κ2) is 9.43. The molecular formula is C27H28FN3O3S. The van der Waals surface area contributed by atoms with Gasteiger partial charge in [-0.2, -0.15) is 0 Å². The van der Waals surface area contributed by atoms with Gasteiger partial charge in [0.25, 0.3) is 15.9 Å². The van der Waals surface area contributed by atoms with Gasteiger partial charge in [-0.3, -0.25) is 14.0 Å². The van der Waals surface area contributed by atoms with Crippen molar-refractivity contribution in [1.82, 2.24) is 9.80 Å². The van der Waals surface area contributed by atoms with E-state index in [9.17, 15) is 17.6 Å². The van der Waals surface area contributed by atoms with Gasteiger partial charge in [0.1, 0.15) is 5.82 Å². The van der Waals surface area contributed by atoms with Crippen LogP contribution in [0.25, 0.3) is 0 Å². The molecule has 0 spiro atoms. The van der Waals surface area contributed by atoms with Gasteiger partial charge in [0, 0.05) is 44.3 Å². The van der Waals surface area contributed by atoms with Crippen molar-refractivity contribution >= 4 is 21.6 Å². The number of sulfonamides is 1. The van der Waals surface area contributed by atoms with Crippen molar-refractivity contribution in [2.24, 2.45) is 0 Å². The minimum Gasteiger partial charge on any atom is -0.336 e. The van der Waals surface area contributed by atoms with Crippen LogP contribution in [0, 0.1) is 5.82 Å². The number of piperazine rings is 1. The molecule has 1 fully saturated rings. The highest BCUT2D eigenvalue weighted by molar-refractivity contribution is 7.92. The van der Waals surface area contributed by atoms with Crippen LogP contribution in [0.15, 0.2) is 77.7 Å². The van der Waals surface area contributed by atoms with E-state index in [0.717, 1.165) is 37.3 Å². The summed E-state index contributed by atoms with van der Waals surface area (Å²) >= 11 is 0. The van der Waals surface area contributed by atoms with E-state index in [1.54, 1.807) is 12.1 Å². The van der Waals surface area contributed by atoms with E-state index in [0.29, 0.717) is 30.8 Å². The molecule has 5 rings (SSSR count). The molecule has 6 nitrogen and oxygen atoms in total. The predicted molar refractivity (Wildman–Crippen MR) is 133 cm³/mol. The van der Waals surface area contributed by atoms with E-state index in [2.05, 4.69) is 17.0 Å². The molecule has 0 aliphatic carbocycles. The number of carbonyl (C=O) groups excluding carboxylic acids is 1. The van der Waals surface area contributed by atoms with Crippen LogP contribution in [0.5, 0.6) is 0 Å². The highest BCUT2D eigenvalue weighted by Gasteiger charge is 2.36. The molecule has 0 unspecified atom stereocenters. The highest BCUT2D eigenvalue weighted by Crippen LogP contribution is 2.37. The fourth-order valence-electron chi connectivity index (χ4n) is 4.96. The summed E-state index contributed by atoms with van der Waals surface area (Å²) < 4.78 is 41.2. The molecule has 1 saturated heterocycles. The molecule has 1 amide bonds. The average Bonchev–Trinajstić information content (AvgIpc) is 3.20. The topological polar surface area (TPSA) is 60.9 Å². The second-order valence-corrected chi connectivity index (χ2v) is 11.0. The number of rotatable bonds is 5. The number of amides is 1. The quantitative estimate of drug-likeness (QED) is 0.541. The highest BCUT2D eigenvalue weighted by atomic mass is 32.2. The number of nitrogens with zero attached hydrogens (tertiary/aromatic N) is 3. The van der Waals surface area contributed by atoms with Crippen LogP contribution in [-0.4, -0.2) is 56.3 Å². The molecule has 35 heavy (non-hydrogen) atoms. The summed E-state index contributed by atoms with van der Waals surface area (Å²) in [5, 5.41) is 0. The van der Waals surface area contributed by atoms with Gasteiger partial charge in [0.05, 0.1) is 10.6 Å². The second-order valence-electron chi connectivity index (χ2n) is 9.21. The van der Waals surface area contributed by atoms with Gasteiger partial charge in [0.2, 0.25) is 0 Å². The predicted octanol–water partition coefficient (Wildman–Crippen LogP) is 3.92. The molecule has 0 radical (unpaired) electrons. The fraction of sp³-hybridized carbons (Fsp3) is 0.296. The van der Waals surface area contributed by atoms with Crippen molar-refractivity contribution in [2.45, 2.75) is 30.8 Å². The molecule has 1 atom stereocenters. The molecule has 2 aliphatic heterocycles. The van der Waals surface area contributed by atoms with Crippen LogP contribution in [0.4, 0.5) is 10.1 Å². The largest absolute Gasteiger partial charge is 0.336 e. The molecule has 0 bridgehead atoms. The lowest BCUT2D eigenvalue weighted by Crippen LogP contribution is -2.48. The lowest BCUT2D eigenvalue weighted by molar-refractivity contribution is 0.0628. The van der Waals surface area contributed by atoms with Gasteiger partial charge in [-0.05, 0) is 66.9 Å². The first kappa shape index (κ1) is 23.5. The summed E-state index contributed by atoms with van der Waals surface area (Å²) in [7, 11) is -3.84. The van der Waals surface area contributed by atoms with Gasteiger partial charge < -0.3 is 4.90 Å². The Morgan fingerprint density at radius 1 is 0.943 bits per heavy atom. The first-order valence-electron chi connectivity index (χ1n) is 11.8. The van der Waals surface area contributed by atoms with Crippen molar-refractivity contribution in [1.29, 1.82) is 0 Å². The smallest absolute Gasteiger partial charge is 0.264 e. The third-order valence-corrected chi connectivity index (χ3v) is 8.70. The Kier molecular flexibility index (Phi) is 6.34. The monoisotopic (exact) mass is 493 g/mol. The van der Waals surface area contributed by atoms with Crippen molar-refractivity contribution in [2.75, 3.05) is 30.5 Å². The summed E-state index contributed by atoms with van der Waals surface area (Å²) in [6.07, 6.45) is 0.516. The first-order chi connectivity index (χ1) is 16.8. The number of hydrogen-bond acceptors (Lipinski definition) is 4. The van der Waals surface area contributed by atoms with Crippen molar-refractivity contribution in [3.8, 4) is 0 Å². The van der Waals surface area contributed by atoms with Crippen LogP contribution in [-0.2, 0) is 23.0 Å². The van der Waals surface area contributed by atoms with E-state index in [-0.39, 0.29) is 16.8 Å². The number of halogens is 1. The molecule has 182 valence electrons. The van der Waals surface area contributed by atoms with Gasteiger partial charge in [0.15, 0.2) is 0 Å². The summed E-state index contributed by atoms with van der Waals surface area (Å²) in [6, 6.07) is 20.1. The molecule has 2 heterocycles. The van der Waals surface area contributed by atoms with E-state index in [4.69, 9.17) is 0 Å². The molecule has 0 saturated carbocycles. The molecule has 8 heteroatoms. The van der Waals surface area contributed by atoms with Gasteiger partial charge >= 0.3 is 0 Å². The lowest BCUT2D eigenvalue weighted by Gasteiger charge is -2.35. The van der Waals surface area contributed by atoms with Crippen LogP contribution >= 0.6 is 0 Å². The molecule has 2 aliphatic rings. The Labute approximate surface area is 205 Å². The first-order valence-corrected chi connectivity index (χ1v) is 13.3. The Morgan fingerprint density at radius 2 is 1.63 bits per heavy atom. The average molecular weight is 494 g/mol. The normalized spacial score (nSPS) is 18.5. The maximum atomic E-state index is 13.3. The van der Waals surface area contributed by atoms with Crippen molar-refractivity contribution in [3.05, 3.63) is 95.3 Å². The van der Waals surface area contributed by atoms with E-state index >= 15 is 0 Å². The number of anilines is 1. The van der Waals surface area contributed by atoms with Gasteiger partial charge in [-0.1, -0.05) is 30.3 Å². The Bertz CT molecular complexity index is 1320. The number of carbonyl (C=O) groups is 1. The summed E-state index contributed by atoms with van der Waals surface area (Å²) in [5.74, 6) is -0.512. The van der Waals surface area contributed by atoms with Crippen LogP contribution in [0.1, 0.15) is 28.4 Å². The lowest BCUT2D eigenvalue weighted by atomic mass is 10.1. The maximum Gasteiger partial charge on any atom is 0.264 e.